The Balaban J connectivity index is 1.83. The second-order valence-electron chi connectivity index (χ2n) is 5.77. The molecule has 1 atom stereocenters. The lowest BCUT2D eigenvalue weighted by Gasteiger charge is -2.11. The number of hydrogen-bond donors (Lipinski definition) is 1. The third-order valence-corrected chi connectivity index (χ3v) is 5.12. The maximum absolute atomic E-state index is 12.1. The van der Waals surface area contributed by atoms with Gasteiger partial charge >= 0.3 is 0 Å². The van der Waals surface area contributed by atoms with E-state index >= 15 is 0 Å². The average Bonchev–Trinajstić information content (AvgIpc) is 2.96. The number of unbranched alkanes of at least 4 members (excludes halogenated alkanes) is 1. The van der Waals surface area contributed by atoms with Crippen molar-refractivity contribution >= 4 is 17.7 Å². The molecule has 0 fully saturated rings. The molecular weight excluding hydrogens is 320 g/mol. The first-order valence-electron chi connectivity index (χ1n) is 8.46. The van der Waals surface area contributed by atoms with E-state index in [4.69, 9.17) is 0 Å². The molecule has 0 saturated carbocycles. The van der Waals surface area contributed by atoms with Crippen molar-refractivity contribution in [3.63, 3.8) is 0 Å². The van der Waals surface area contributed by atoms with E-state index < -0.39 is 0 Å². The molecule has 0 radical (unpaired) electrons. The number of carbonyl (C=O) groups excluding carboxylic acids is 1. The lowest BCUT2D eigenvalue weighted by Crippen LogP contribution is -2.33. The standard InChI is InChI=1S/C18H26N4OS/c1-4-5-13-24-14(2)18(23)19-12-11-16-20-21-17(22(16)3)15-9-7-6-8-10-15/h6-10,14H,4-5,11-13H2,1-3H3,(H,19,23)/t14-/m0/s1. The molecule has 0 aliphatic rings. The third-order valence-electron chi connectivity index (χ3n) is 3.88. The minimum atomic E-state index is -0.00377. The zero-order valence-electron chi connectivity index (χ0n) is 14.7. The monoisotopic (exact) mass is 346 g/mol. The van der Waals surface area contributed by atoms with Crippen molar-refractivity contribution in [3.8, 4) is 11.4 Å². The lowest BCUT2D eigenvalue weighted by atomic mass is 10.2. The molecule has 0 bridgehead atoms. The van der Waals surface area contributed by atoms with Gasteiger partial charge in [-0.2, -0.15) is 0 Å². The molecule has 1 amide bonds. The summed E-state index contributed by atoms with van der Waals surface area (Å²) in [5.74, 6) is 2.86. The summed E-state index contributed by atoms with van der Waals surface area (Å²) in [4.78, 5) is 12.1. The Hall–Kier alpha value is -1.82. The van der Waals surface area contributed by atoms with Gasteiger partial charge in [-0.05, 0) is 19.1 Å². The van der Waals surface area contributed by atoms with Crippen LogP contribution in [0.3, 0.4) is 0 Å². The number of amides is 1. The van der Waals surface area contributed by atoms with Gasteiger partial charge in [-0.15, -0.1) is 22.0 Å². The van der Waals surface area contributed by atoms with Crippen molar-refractivity contribution in [2.45, 2.75) is 38.4 Å². The largest absolute Gasteiger partial charge is 0.355 e. The highest BCUT2D eigenvalue weighted by Gasteiger charge is 2.14. The summed E-state index contributed by atoms with van der Waals surface area (Å²) in [6, 6.07) is 9.99. The molecule has 5 nitrogen and oxygen atoms in total. The van der Waals surface area contributed by atoms with Crippen LogP contribution in [0.1, 0.15) is 32.5 Å². The number of thioether (sulfide) groups is 1. The van der Waals surface area contributed by atoms with Gasteiger partial charge in [0.1, 0.15) is 5.82 Å². The fourth-order valence-corrected chi connectivity index (χ4v) is 3.38. The molecule has 0 aliphatic heterocycles. The van der Waals surface area contributed by atoms with Gasteiger partial charge in [0.2, 0.25) is 5.91 Å². The molecular formula is C18H26N4OS. The lowest BCUT2D eigenvalue weighted by molar-refractivity contribution is -0.120. The molecule has 1 aromatic heterocycles. The Kier molecular flexibility index (Phi) is 7.31. The van der Waals surface area contributed by atoms with Crippen molar-refractivity contribution in [2.24, 2.45) is 7.05 Å². The van der Waals surface area contributed by atoms with Crippen LogP contribution in [-0.4, -0.2) is 38.2 Å². The van der Waals surface area contributed by atoms with E-state index in [-0.39, 0.29) is 11.2 Å². The van der Waals surface area contributed by atoms with Gasteiger partial charge in [-0.3, -0.25) is 4.79 Å². The van der Waals surface area contributed by atoms with Crippen LogP contribution in [-0.2, 0) is 18.3 Å². The number of nitrogens with one attached hydrogen (secondary N) is 1. The second-order valence-corrected chi connectivity index (χ2v) is 7.22. The highest BCUT2D eigenvalue weighted by atomic mass is 32.2. The first-order chi connectivity index (χ1) is 11.6. The van der Waals surface area contributed by atoms with Gasteiger partial charge in [0.15, 0.2) is 5.82 Å². The third kappa shape index (κ3) is 5.09. The van der Waals surface area contributed by atoms with Gasteiger partial charge < -0.3 is 9.88 Å². The van der Waals surface area contributed by atoms with E-state index in [1.54, 1.807) is 11.8 Å². The molecule has 2 aromatic rings. The minimum Gasteiger partial charge on any atom is -0.355 e. The normalized spacial score (nSPS) is 12.1. The van der Waals surface area contributed by atoms with Crippen LogP contribution < -0.4 is 5.32 Å². The topological polar surface area (TPSA) is 59.8 Å². The quantitative estimate of drug-likeness (QED) is 0.709. The zero-order chi connectivity index (χ0) is 17.4. The molecule has 1 aromatic carbocycles. The van der Waals surface area contributed by atoms with Crippen molar-refractivity contribution in [3.05, 3.63) is 36.2 Å². The molecule has 0 aliphatic carbocycles. The highest BCUT2D eigenvalue weighted by molar-refractivity contribution is 8.00. The smallest absolute Gasteiger partial charge is 0.232 e. The predicted molar refractivity (Wildman–Crippen MR) is 100.0 cm³/mol. The van der Waals surface area contributed by atoms with Crippen molar-refractivity contribution in [1.82, 2.24) is 20.1 Å². The van der Waals surface area contributed by atoms with Gasteiger partial charge in [-0.25, -0.2) is 0 Å². The van der Waals surface area contributed by atoms with Crippen molar-refractivity contribution in [1.29, 1.82) is 0 Å². The Morgan fingerprint density at radius 3 is 2.75 bits per heavy atom. The van der Waals surface area contributed by atoms with E-state index in [1.165, 1.54) is 0 Å². The minimum absolute atomic E-state index is 0.00377. The summed E-state index contributed by atoms with van der Waals surface area (Å²) < 4.78 is 1.99. The molecule has 6 heteroatoms. The molecule has 1 heterocycles. The van der Waals surface area contributed by atoms with Crippen LogP contribution in [0.25, 0.3) is 11.4 Å². The summed E-state index contributed by atoms with van der Waals surface area (Å²) >= 11 is 1.71. The molecule has 1 N–H and O–H groups in total. The number of nitrogens with zero attached hydrogens (tertiary/aromatic N) is 3. The van der Waals surface area contributed by atoms with Crippen molar-refractivity contribution in [2.75, 3.05) is 12.3 Å². The summed E-state index contributed by atoms with van der Waals surface area (Å²) in [5, 5.41) is 11.5. The Labute approximate surface area is 148 Å². The molecule has 0 spiro atoms. The van der Waals surface area contributed by atoms with Gasteiger partial charge in [0.05, 0.1) is 5.25 Å². The fraction of sp³-hybridized carbons (Fsp3) is 0.500. The van der Waals surface area contributed by atoms with Crippen LogP contribution in [0.15, 0.2) is 30.3 Å². The Morgan fingerprint density at radius 2 is 2.04 bits per heavy atom. The number of rotatable bonds is 9. The van der Waals surface area contributed by atoms with Crippen LogP contribution >= 0.6 is 11.8 Å². The number of hydrogen-bond acceptors (Lipinski definition) is 4. The summed E-state index contributed by atoms with van der Waals surface area (Å²) in [6.45, 7) is 4.71. The number of benzene rings is 1. The van der Waals surface area contributed by atoms with E-state index in [0.717, 1.165) is 35.8 Å². The maximum Gasteiger partial charge on any atom is 0.232 e. The summed E-state index contributed by atoms with van der Waals surface area (Å²) in [5.41, 5.74) is 1.05. The van der Waals surface area contributed by atoms with Gasteiger partial charge in [0, 0.05) is 25.6 Å². The molecule has 24 heavy (non-hydrogen) atoms. The summed E-state index contributed by atoms with van der Waals surface area (Å²) in [6.07, 6.45) is 3.00. The van der Waals surface area contributed by atoms with E-state index in [9.17, 15) is 4.79 Å². The van der Waals surface area contributed by atoms with Crippen molar-refractivity contribution < 1.29 is 4.79 Å². The van der Waals surface area contributed by atoms with E-state index in [2.05, 4.69) is 22.4 Å². The number of carbonyl (C=O) groups is 1. The summed E-state index contributed by atoms with van der Waals surface area (Å²) in [7, 11) is 1.96. The highest BCUT2D eigenvalue weighted by Crippen LogP contribution is 2.16. The molecule has 2 rings (SSSR count). The SMILES string of the molecule is CCCCS[C@@H](C)C(=O)NCCc1nnc(-c2ccccc2)n1C. The molecule has 0 saturated heterocycles. The van der Waals surface area contributed by atoms with Crippen LogP contribution in [0.4, 0.5) is 0 Å². The maximum atomic E-state index is 12.1. The fourth-order valence-electron chi connectivity index (χ4n) is 2.34. The molecule has 0 unspecified atom stereocenters. The zero-order valence-corrected chi connectivity index (χ0v) is 15.5. The van der Waals surface area contributed by atoms with Crippen LogP contribution in [0.2, 0.25) is 0 Å². The second kappa shape index (κ2) is 9.47. The van der Waals surface area contributed by atoms with Crippen LogP contribution in [0, 0.1) is 0 Å². The Morgan fingerprint density at radius 1 is 1.29 bits per heavy atom. The van der Waals surface area contributed by atoms with Crippen LogP contribution in [0.5, 0.6) is 0 Å². The van der Waals surface area contributed by atoms with E-state index in [1.807, 2.05) is 48.9 Å². The van der Waals surface area contributed by atoms with Gasteiger partial charge in [0.25, 0.3) is 0 Å². The van der Waals surface area contributed by atoms with Gasteiger partial charge in [-0.1, -0.05) is 43.7 Å². The average molecular weight is 346 g/mol. The first kappa shape index (κ1) is 18.5. The predicted octanol–water partition coefficient (Wildman–Crippen LogP) is 3.06. The Bertz CT molecular complexity index is 642. The molecule has 130 valence electrons. The van der Waals surface area contributed by atoms with E-state index in [0.29, 0.717) is 13.0 Å². The first-order valence-corrected chi connectivity index (χ1v) is 9.51. The number of aromatic nitrogens is 3.